The zero-order valence-corrected chi connectivity index (χ0v) is 20.6. The van der Waals surface area contributed by atoms with E-state index in [0.717, 1.165) is 15.4 Å². The molecule has 1 heterocycles. The fraction of sp³-hybridized carbons (Fsp3) is 0.333. The van der Waals surface area contributed by atoms with Gasteiger partial charge in [0.25, 0.3) is 10.0 Å². The lowest BCUT2D eigenvalue weighted by molar-refractivity contribution is -0.119. The molecule has 3 aromatic rings. The zero-order chi connectivity index (χ0) is 24.7. The molecular formula is C24H30N4O5S. The van der Waals surface area contributed by atoms with E-state index in [0.29, 0.717) is 30.9 Å². The second kappa shape index (κ2) is 11.1. The van der Waals surface area contributed by atoms with Gasteiger partial charge in [-0.2, -0.15) is 0 Å². The Hall–Kier alpha value is -3.53. The summed E-state index contributed by atoms with van der Waals surface area (Å²) in [6, 6.07) is 9.81. The lowest BCUT2D eigenvalue weighted by Gasteiger charge is -2.25. The van der Waals surface area contributed by atoms with Crippen LogP contribution in [0.2, 0.25) is 0 Å². The SMILES string of the molecule is COc1ccc(S(=O)(=O)N(CC(=O)NCCCn2ccnc2)c2cc(C)cc(C)c2)cc1OC. The van der Waals surface area contributed by atoms with Crippen molar-refractivity contribution in [1.82, 2.24) is 14.9 Å². The van der Waals surface area contributed by atoms with Crippen LogP contribution in [0.4, 0.5) is 5.69 Å². The number of carbonyl (C=O) groups is 1. The van der Waals surface area contributed by atoms with Crippen LogP contribution in [0.25, 0.3) is 0 Å². The summed E-state index contributed by atoms with van der Waals surface area (Å²) in [6.45, 7) is 4.52. The molecule has 1 aromatic heterocycles. The molecule has 9 nitrogen and oxygen atoms in total. The molecule has 0 spiro atoms. The minimum atomic E-state index is -4.08. The van der Waals surface area contributed by atoms with Crippen LogP contribution in [-0.4, -0.2) is 51.2 Å². The first-order valence-corrected chi connectivity index (χ1v) is 12.2. The molecule has 0 aliphatic carbocycles. The molecule has 0 unspecified atom stereocenters. The van der Waals surface area contributed by atoms with Crippen molar-refractivity contribution in [3.05, 3.63) is 66.2 Å². The Kier molecular flexibility index (Phi) is 8.17. The number of methoxy groups -OCH3 is 2. The van der Waals surface area contributed by atoms with Crippen LogP contribution >= 0.6 is 0 Å². The monoisotopic (exact) mass is 486 g/mol. The number of rotatable bonds is 11. The lowest BCUT2D eigenvalue weighted by Crippen LogP contribution is -2.41. The van der Waals surface area contributed by atoms with E-state index in [1.807, 2.05) is 30.7 Å². The number of aromatic nitrogens is 2. The first kappa shape index (κ1) is 25.1. The molecule has 182 valence electrons. The Balaban J connectivity index is 1.85. The van der Waals surface area contributed by atoms with Crippen molar-refractivity contribution < 1.29 is 22.7 Å². The van der Waals surface area contributed by atoms with Crippen molar-refractivity contribution in [3.63, 3.8) is 0 Å². The summed E-state index contributed by atoms with van der Waals surface area (Å²) in [5.41, 5.74) is 2.20. The summed E-state index contributed by atoms with van der Waals surface area (Å²) in [5.74, 6) is 0.303. The van der Waals surface area contributed by atoms with Gasteiger partial charge in [-0.3, -0.25) is 9.10 Å². The van der Waals surface area contributed by atoms with E-state index in [1.165, 1.54) is 32.4 Å². The van der Waals surface area contributed by atoms with Gasteiger partial charge < -0.3 is 19.4 Å². The molecule has 0 fully saturated rings. The summed E-state index contributed by atoms with van der Waals surface area (Å²) in [5, 5.41) is 2.82. The van der Waals surface area contributed by atoms with Gasteiger partial charge in [0.05, 0.1) is 31.1 Å². The Morgan fingerprint density at radius 2 is 1.76 bits per heavy atom. The van der Waals surface area contributed by atoms with Crippen LogP contribution in [-0.2, 0) is 21.4 Å². The molecule has 10 heteroatoms. The minimum absolute atomic E-state index is 0.00258. The van der Waals surface area contributed by atoms with Gasteiger partial charge in [0.2, 0.25) is 5.91 Å². The predicted molar refractivity (Wildman–Crippen MR) is 130 cm³/mol. The standard InChI is InChI=1S/C24H30N4O5S/c1-18-12-19(2)14-20(13-18)28(16-24(29)26-8-5-10-27-11-9-25-17-27)34(30,31)21-6-7-22(32-3)23(15-21)33-4/h6-7,9,11-15,17H,5,8,10,16H2,1-4H3,(H,26,29). The summed E-state index contributed by atoms with van der Waals surface area (Å²) in [6.07, 6.45) is 5.94. The Bertz CT molecular complexity index is 1210. The maximum Gasteiger partial charge on any atom is 0.264 e. The number of sulfonamides is 1. The minimum Gasteiger partial charge on any atom is -0.493 e. The Labute approximate surface area is 200 Å². The maximum atomic E-state index is 13.7. The highest BCUT2D eigenvalue weighted by Crippen LogP contribution is 2.32. The highest BCUT2D eigenvalue weighted by atomic mass is 32.2. The summed E-state index contributed by atoms with van der Waals surface area (Å²) < 4.78 is 40.9. The summed E-state index contributed by atoms with van der Waals surface area (Å²) in [7, 11) is -1.17. The van der Waals surface area contributed by atoms with Gasteiger partial charge in [0, 0.05) is 31.5 Å². The molecule has 0 atom stereocenters. The fourth-order valence-corrected chi connectivity index (χ4v) is 5.03. The molecule has 0 saturated heterocycles. The number of aryl methyl sites for hydroxylation is 3. The number of amides is 1. The van der Waals surface area contributed by atoms with Crippen molar-refractivity contribution in [2.75, 3.05) is 31.6 Å². The van der Waals surface area contributed by atoms with E-state index in [-0.39, 0.29) is 17.2 Å². The van der Waals surface area contributed by atoms with E-state index >= 15 is 0 Å². The van der Waals surface area contributed by atoms with E-state index < -0.39 is 15.9 Å². The van der Waals surface area contributed by atoms with Crippen LogP contribution in [0, 0.1) is 13.8 Å². The zero-order valence-electron chi connectivity index (χ0n) is 19.8. The van der Waals surface area contributed by atoms with Crippen molar-refractivity contribution in [2.45, 2.75) is 31.7 Å². The second-order valence-electron chi connectivity index (χ2n) is 7.88. The fourth-order valence-electron chi connectivity index (χ4n) is 3.61. The number of anilines is 1. The summed E-state index contributed by atoms with van der Waals surface area (Å²) in [4.78, 5) is 16.8. The topological polar surface area (TPSA) is 103 Å². The summed E-state index contributed by atoms with van der Waals surface area (Å²) >= 11 is 0. The van der Waals surface area contributed by atoms with Crippen LogP contribution in [0.5, 0.6) is 11.5 Å². The maximum absolute atomic E-state index is 13.7. The van der Waals surface area contributed by atoms with E-state index in [4.69, 9.17) is 9.47 Å². The number of hydrogen-bond acceptors (Lipinski definition) is 6. The van der Waals surface area contributed by atoms with Gasteiger partial charge in [-0.25, -0.2) is 13.4 Å². The van der Waals surface area contributed by atoms with Crippen LogP contribution in [0.1, 0.15) is 17.5 Å². The highest BCUT2D eigenvalue weighted by Gasteiger charge is 2.28. The van der Waals surface area contributed by atoms with Gasteiger partial charge in [-0.1, -0.05) is 6.07 Å². The molecule has 3 rings (SSSR count). The van der Waals surface area contributed by atoms with Crippen molar-refractivity contribution >= 4 is 21.6 Å². The molecule has 34 heavy (non-hydrogen) atoms. The number of ether oxygens (including phenoxy) is 2. The third-order valence-corrected chi connectivity index (χ3v) is 6.97. The Morgan fingerprint density at radius 1 is 1.06 bits per heavy atom. The lowest BCUT2D eigenvalue weighted by atomic mass is 10.1. The quantitative estimate of drug-likeness (QED) is 0.418. The molecule has 0 aliphatic heterocycles. The molecule has 0 bridgehead atoms. The number of nitrogens with one attached hydrogen (secondary N) is 1. The van der Waals surface area contributed by atoms with Crippen molar-refractivity contribution in [2.24, 2.45) is 0 Å². The van der Waals surface area contributed by atoms with Crippen LogP contribution in [0.15, 0.2) is 60.0 Å². The van der Waals surface area contributed by atoms with Gasteiger partial charge in [-0.05, 0) is 55.7 Å². The third-order valence-electron chi connectivity index (χ3n) is 5.20. The third kappa shape index (κ3) is 6.07. The number of benzene rings is 2. The molecule has 0 saturated carbocycles. The van der Waals surface area contributed by atoms with Gasteiger partial charge >= 0.3 is 0 Å². The van der Waals surface area contributed by atoms with E-state index in [2.05, 4.69) is 10.3 Å². The average molecular weight is 487 g/mol. The van der Waals surface area contributed by atoms with Gasteiger partial charge in [-0.15, -0.1) is 0 Å². The molecular weight excluding hydrogens is 456 g/mol. The normalized spacial score (nSPS) is 11.2. The number of carbonyl (C=O) groups excluding carboxylic acids is 1. The highest BCUT2D eigenvalue weighted by molar-refractivity contribution is 7.92. The second-order valence-corrected chi connectivity index (χ2v) is 9.74. The van der Waals surface area contributed by atoms with Crippen LogP contribution < -0.4 is 19.1 Å². The number of imidazole rings is 1. The predicted octanol–water partition coefficient (Wildman–Crippen LogP) is 2.92. The molecule has 0 aliphatic rings. The van der Waals surface area contributed by atoms with E-state index in [1.54, 1.807) is 24.7 Å². The van der Waals surface area contributed by atoms with Crippen molar-refractivity contribution in [3.8, 4) is 11.5 Å². The Morgan fingerprint density at radius 3 is 2.38 bits per heavy atom. The van der Waals surface area contributed by atoms with Crippen molar-refractivity contribution in [1.29, 1.82) is 0 Å². The van der Waals surface area contributed by atoms with E-state index in [9.17, 15) is 13.2 Å². The first-order valence-electron chi connectivity index (χ1n) is 10.8. The average Bonchev–Trinajstić information content (AvgIpc) is 3.32. The molecule has 0 radical (unpaired) electrons. The number of hydrogen-bond donors (Lipinski definition) is 1. The molecule has 1 N–H and O–H groups in total. The molecule has 1 amide bonds. The molecule has 2 aromatic carbocycles. The smallest absolute Gasteiger partial charge is 0.264 e. The van der Waals surface area contributed by atoms with Gasteiger partial charge in [0.15, 0.2) is 11.5 Å². The largest absolute Gasteiger partial charge is 0.493 e. The van der Waals surface area contributed by atoms with Gasteiger partial charge in [0.1, 0.15) is 6.54 Å². The van der Waals surface area contributed by atoms with Crippen LogP contribution in [0.3, 0.4) is 0 Å². The number of nitrogens with zero attached hydrogens (tertiary/aromatic N) is 3. The first-order chi connectivity index (χ1) is 16.2.